The lowest BCUT2D eigenvalue weighted by atomic mass is 10.2. The van der Waals surface area contributed by atoms with Crippen LogP contribution in [0.1, 0.15) is 24.1 Å². The highest BCUT2D eigenvalue weighted by molar-refractivity contribution is 5.94. The second kappa shape index (κ2) is 7.15. The van der Waals surface area contributed by atoms with E-state index in [0.717, 1.165) is 46.9 Å². The topological polar surface area (TPSA) is 79.8 Å². The van der Waals surface area contributed by atoms with Gasteiger partial charge in [-0.1, -0.05) is 6.07 Å². The molecule has 2 heterocycles. The number of carbonyl (C=O) groups is 1. The number of hydrogen-bond acceptors (Lipinski definition) is 5. The van der Waals surface area contributed by atoms with Gasteiger partial charge in [-0.3, -0.25) is 9.78 Å². The molecule has 0 atom stereocenters. The van der Waals surface area contributed by atoms with Crippen LogP contribution in [-0.4, -0.2) is 20.9 Å². The Labute approximate surface area is 158 Å². The standard InChI is InChI=1S/C21H21N5O/c1-13-14(2)23-20(16-5-4-10-22-12-16)26-19(13)24-17-6-3-7-18(11-17)25-21(27)15-8-9-15/h3-7,10-12,15H,8-9H2,1-2H3,(H,25,27)(H,23,24,26). The number of benzene rings is 1. The molecule has 1 fully saturated rings. The number of carbonyl (C=O) groups excluding carboxylic acids is 1. The second-order valence-corrected chi connectivity index (χ2v) is 6.82. The summed E-state index contributed by atoms with van der Waals surface area (Å²) in [4.78, 5) is 25.4. The smallest absolute Gasteiger partial charge is 0.227 e. The molecule has 0 unspecified atom stereocenters. The summed E-state index contributed by atoms with van der Waals surface area (Å²) in [6.07, 6.45) is 5.45. The average Bonchev–Trinajstić information content (AvgIpc) is 3.52. The van der Waals surface area contributed by atoms with Crippen molar-refractivity contribution in [3.63, 3.8) is 0 Å². The number of hydrogen-bond donors (Lipinski definition) is 2. The van der Waals surface area contributed by atoms with Crippen LogP contribution in [0, 0.1) is 19.8 Å². The third kappa shape index (κ3) is 3.95. The van der Waals surface area contributed by atoms with Gasteiger partial charge in [0.05, 0.1) is 0 Å². The molecule has 0 spiro atoms. The van der Waals surface area contributed by atoms with Gasteiger partial charge in [-0.25, -0.2) is 9.97 Å². The molecule has 2 aromatic heterocycles. The van der Waals surface area contributed by atoms with Crippen molar-refractivity contribution in [3.05, 3.63) is 60.0 Å². The van der Waals surface area contributed by atoms with Crippen molar-refractivity contribution in [2.75, 3.05) is 10.6 Å². The molecule has 1 aliphatic carbocycles. The van der Waals surface area contributed by atoms with Gasteiger partial charge in [-0.05, 0) is 57.0 Å². The van der Waals surface area contributed by atoms with Gasteiger partial charge in [0, 0.05) is 46.5 Å². The molecule has 27 heavy (non-hydrogen) atoms. The summed E-state index contributed by atoms with van der Waals surface area (Å²) in [5.41, 5.74) is 4.41. The molecular formula is C21H21N5O. The summed E-state index contributed by atoms with van der Waals surface area (Å²) in [5.74, 6) is 1.65. The fourth-order valence-electron chi connectivity index (χ4n) is 2.78. The Morgan fingerprint density at radius 3 is 2.63 bits per heavy atom. The van der Waals surface area contributed by atoms with E-state index >= 15 is 0 Å². The number of amides is 1. The van der Waals surface area contributed by atoms with Crippen molar-refractivity contribution >= 4 is 23.1 Å². The molecule has 0 bridgehead atoms. The van der Waals surface area contributed by atoms with E-state index in [1.807, 2.05) is 50.2 Å². The summed E-state index contributed by atoms with van der Waals surface area (Å²) >= 11 is 0. The van der Waals surface area contributed by atoms with E-state index in [0.29, 0.717) is 5.82 Å². The van der Waals surface area contributed by atoms with E-state index < -0.39 is 0 Å². The molecule has 1 aromatic carbocycles. The normalized spacial score (nSPS) is 13.3. The van der Waals surface area contributed by atoms with Crippen LogP contribution in [0.5, 0.6) is 0 Å². The highest BCUT2D eigenvalue weighted by Crippen LogP contribution is 2.31. The first-order valence-electron chi connectivity index (χ1n) is 9.04. The maximum Gasteiger partial charge on any atom is 0.227 e. The molecule has 1 aliphatic rings. The average molecular weight is 359 g/mol. The summed E-state index contributed by atoms with van der Waals surface area (Å²) in [6, 6.07) is 11.5. The number of aryl methyl sites for hydroxylation is 1. The molecule has 0 radical (unpaired) electrons. The van der Waals surface area contributed by atoms with Crippen molar-refractivity contribution in [1.82, 2.24) is 15.0 Å². The van der Waals surface area contributed by atoms with Gasteiger partial charge in [0.2, 0.25) is 5.91 Å². The van der Waals surface area contributed by atoms with Gasteiger partial charge in [0.1, 0.15) is 5.82 Å². The highest BCUT2D eigenvalue weighted by atomic mass is 16.2. The summed E-state index contributed by atoms with van der Waals surface area (Å²) in [7, 11) is 0. The first-order valence-corrected chi connectivity index (χ1v) is 9.04. The number of aromatic nitrogens is 3. The maximum atomic E-state index is 12.0. The van der Waals surface area contributed by atoms with Gasteiger partial charge in [-0.2, -0.15) is 0 Å². The van der Waals surface area contributed by atoms with Crippen LogP contribution < -0.4 is 10.6 Å². The van der Waals surface area contributed by atoms with Crippen molar-refractivity contribution in [3.8, 4) is 11.4 Å². The van der Waals surface area contributed by atoms with Crippen LogP contribution in [0.15, 0.2) is 48.8 Å². The van der Waals surface area contributed by atoms with E-state index in [1.54, 1.807) is 12.4 Å². The van der Waals surface area contributed by atoms with Crippen LogP contribution in [0.25, 0.3) is 11.4 Å². The van der Waals surface area contributed by atoms with E-state index in [1.165, 1.54) is 0 Å². The minimum Gasteiger partial charge on any atom is -0.340 e. The highest BCUT2D eigenvalue weighted by Gasteiger charge is 2.29. The van der Waals surface area contributed by atoms with E-state index in [-0.39, 0.29) is 11.8 Å². The molecule has 1 amide bonds. The fourth-order valence-corrected chi connectivity index (χ4v) is 2.78. The largest absolute Gasteiger partial charge is 0.340 e. The lowest BCUT2D eigenvalue weighted by Gasteiger charge is -2.13. The van der Waals surface area contributed by atoms with Gasteiger partial charge in [0.25, 0.3) is 0 Å². The number of pyridine rings is 1. The number of nitrogens with one attached hydrogen (secondary N) is 2. The summed E-state index contributed by atoms with van der Waals surface area (Å²) in [6.45, 7) is 3.96. The Morgan fingerprint density at radius 1 is 1.07 bits per heavy atom. The lowest BCUT2D eigenvalue weighted by Crippen LogP contribution is -2.13. The van der Waals surface area contributed by atoms with Crippen molar-refractivity contribution in [2.45, 2.75) is 26.7 Å². The molecule has 2 N–H and O–H groups in total. The minimum absolute atomic E-state index is 0.0973. The molecule has 6 nitrogen and oxygen atoms in total. The van der Waals surface area contributed by atoms with E-state index in [2.05, 4.69) is 25.6 Å². The zero-order valence-electron chi connectivity index (χ0n) is 15.4. The number of anilines is 3. The molecule has 136 valence electrons. The lowest BCUT2D eigenvalue weighted by molar-refractivity contribution is -0.117. The predicted octanol–water partition coefficient (Wildman–Crippen LogP) is 4.25. The van der Waals surface area contributed by atoms with Crippen LogP contribution >= 0.6 is 0 Å². The van der Waals surface area contributed by atoms with Crippen LogP contribution in [0.2, 0.25) is 0 Å². The van der Waals surface area contributed by atoms with E-state index in [4.69, 9.17) is 0 Å². The monoisotopic (exact) mass is 359 g/mol. The third-order valence-corrected chi connectivity index (χ3v) is 4.65. The third-order valence-electron chi connectivity index (χ3n) is 4.65. The molecular weight excluding hydrogens is 338 g/mol. The molecule has 0 saturated heterocycles. The Hall–Kier alpha value is -3.28. The van der Waals surface area contributed by atoms with Crippen molar-refractivity contribution in [1.29, 1.82) is 0 Å². The Bertz CT molecular complexity index is 983. The van der Waals surface area contributed by atoms with Gasteiger partial charge in [0.15, 0.2) is 5.82 Å². The Kier molecular flexibility index (Phi) is 4.54. The SMILES string of the molecule is Cc1nc(-c2cccnc2)nc(Nc2cccc(NC(=O)C3CC3)c2)c1C. The number of nitrogens with zero attached hydrogens (tertiary/aromatic N) is 3. The van der Waals surface area contributed by atoms with E-state index in [9.17, 15) is 4.79 Å². The number of rotatable bonds is 5. The van der Waals surface area contributed by atoms with Gasteiger partial charge >= 0.3 is 0 Å². The molecule has 4 rings (SSSR count). The first kappa shape index (κ1) is 17.1. The van der Waals surface area contributed by atoms with Crippen LogP contribution in [-0.2, 0) is 4.79 Å². The summed E-state index contributed by atoms with van der Waals surface area (Å²) in [5, 5.41) is 6.33. The predicted molar refractivity (Wildman–Crippen MR) is 106 cm³/mol. The maximum absolute atomic E-state index is 12.0. The van der Waals surface area contributed by atoms with Crippen molar-refractivity contribution < 1.29 is 4.79 Å². The Balaban J connectivity index is 1.60. The minimum atomic E-state index is 0.0973. The molecule has 3 aromatic rings. The van der Waals surface area contributed by atoms with Gasteiger partial charge < -0.3 is 10.6 Å². The molecule has 6 heteroatoms. The Morgan fingerprint density at radius 2 is 1.89 bits per heavy atom. The van der Waals surface area contributed by atoms with Gasteiger partial charge in [-0.15, -0.1) is 0 Å². The van der Waals surface area contributed by atoms with Crippen LogP contribution in [0.3, 0.4) is 0 Å². The zero-order chi connectivity index (χ0) is 18.8. The van der Waals surface area contributed by atoms with Crippen LogP contribution in [0.4, 0.5) is 17.2 Å². The zero-order valence-corrected chi connectivity index (χ0v) is 15.4. The quantitative estimate of drug-likeness (QED) is 0.712. The molecule has 0 aliphatic heterocycles. The first-order chi connectivity index (χ1) is 13.1. The second-order valence-electron chi connectivity index (χ2n) is 6.82. The fraction of sp³-hybridized carbons (Fsp3) is 0.238. The summed E-state index contributed by atoms with van der Waals surface area (Å²) < 4.78 is 0. The molecule has 1 saturated carbocycles. The van der Waals surface area contributed by atoms with Crippen molar-refractivity contribution in [2.24, 2.45) is 5.92 Å².